The molecule has 0 aromatic heterocycles. The minimum Gasteiger partial charge on any atom is -0.374 e. The maximum absolute atomic E-state index is 13.2. The summed E-state index contributed by atoms with van der Waals surface area (Å²) >= 11 is 0. The molecule has 2 N–H and O–H groups in total. The summed E-state index contributed by atoms with van der Waals surface area (Å²) in [5.41, 5.74) is 5.98. The van der Waals surface area contributed by atoms with Gasteiger partial charge in [-0.2, -0.15) is 13.2 Å². The summed E-state index contributed by atoms with van der Waals surface area (Å²) in [4.78, 5) is 1.92. The number of benzene rings is 1. The van der Waals surface area contributed by atoms with Crippen molar-refractivity contribution in [3.63, 3.8) is 0 Å². The number of rotatable bonds is 5. The lowest BCUT2D eigenvalue weighted by atomic mass is 9.99. The van der Waals surface area contributed by atoms with Gasteiger partial charge in [-0.05, 0) is 49.3 Å². The molecule has 3 atom stereocenters. The van der Waals surface area contributed by atoms with Gasteiger partial charge in [-0.1, -0.05) is 13.0 Å². The summed E-state index contributed by atoms with van der Waals surface area (Å²) in [6.07, 6.45) is -2.94. The monoisotopic (exact) mass is 300 g/mol. The van der Waals surface area contributed by atoms with Crippen molar-refractivity contribution in [3.8, 4) is 0 Å². The fourth-order valence-electron chi connectivity index (χ4n) is 2.70. The molecule has 1 aromatic carbocycles. The molecule has 0 amide bonds. The first kappa shape index (κ1) is 16.1. The van der Waals surface area contributed by atoms with Gasteiger partial charge in [0.2, 0.25) is 0 Å². The highest BCUT2D eigenvalue weighted by Gasteiger charge is 2.35. The zero-order chi connectivity index (χ0) is 15.8. The Bertz CT molecular complexity index is 497. The lowest BCUT2D eigenvalue weighted by molar-refractivity contribution is -0.138. The molecule has 1 aliphatic rings. The third-order valence-corrected chi connectivity index (χ3v) is 4.17. The maximum Gasteiger partial charge on any atom is 0.416 e. The summed E-state index contributed by atoms with van der Waals surface area (Å²) < 4.78 is 39.7. The normalized spacial score (nSPS) is 23.0. The Hall–Kier alpha value is -1.23. The number of hydrogen-bond donors (Lipinski definition) is 1. The predicted octanol–water partition coefficient (Wildman–Crippen LogP) is 3.69. The molecule has 0 bridgehead atoms. The molecule has 2 rings (SSSR count). The number of nitrogens with zero attached hydrogens (tertiary/aromatic N) is 1. The molecular formula is C16H23F3N2. The molecule has 0 aliphatic heterocycles. The summed E-state index contributed by atoms with van der Waals surface area (Å²) in [6, 6.07) is 4.29. The third kappa shape index (κ3) is 4.13. The SMILES string of the molecule is CC(N)Cc1ccc(N(C)CC2CC2C)cc1C(F)(F)F. The zero-order valence-electron chi connectivity index (χ0n) is 12.7. The lowest BCUT2D eigenvalue weighted by Gasteiger charge is -2.22. The van der Waals surface area contributed by atoms with E-state index in [1.807, 2.05) is 11.9 Å². The number of halogens is 3. The molecule has 118 valence electrons. The molecule has 1 aromatic rings. The van der Waals surface area contributed by atoms with Crippen molar-refractivity contribution >= 4 is 5.69 Å². The van der Waals surface area contributed by atoms with E-state index in [2.05, 4.69) is 6.92 Å². The summed E-state index contributed by atoms with van der Waals surface area (Å²) in [6.45, 7) is 4.70. The maximum atomic E-state index is 13.2. The van der Waals surface area contributed by atoms with E-state index in [1.165, 1.54) is 12.5 Å². The van der Waals surface area contributed by atoms with Gasteiger partial charge < -0.3 is 10.6 Å². The Labute approximate surface area is 124 Å². The second-order valence-electron chi connectivity index (χ2n) is 6.37. The Morgan fingerprint density at radius 2 is 2.00 bits per heavy atom. The first-order valence-electron chi connectivity index (χ1n) is 7.35. The van der Waals surface area contributed by atoms with Crippen LogP contribution in [0.4, 0.5) is 18.9 Å². The van der Waals surface area contributed by atoms with E-state index in [-0.39, 0.29) is 18.0 Å². The average molecular weight is 300 g/mol. The first-order valence-corrected chi connectivity index (χ1v) is 7.35. The quantitative estimate of drug-likeness (QED) is 0.898. The molecule has 3 unspecified atom stereocenters. The van der Waals surface area contributed by atoms with Crippen molar-refractivity contribution in [2.75, 3.05) is 18.5 Å². The smallest absolute Gasteiger partial charge is 0.374 e. The van der Waals surface area contributed by atoms with E-state index >= 15 is 0 Å². The van der Waals surface area contributed by atoms with Gasteiger partial charge in [0.25, 0.3) is 0 Å². The Balaban J connectivity index is 2.23. The number of anilines is 1. The minimum atomic E-state index is -4.34. The van der Waals surface area contributed by atoms with Crippen LogP contribution in [0.2, 0.25) is 0 Å². The molecule has 5 heteroatoms. The van der Waals surface area contributed by atoms with Gasteiger partial charge in [-0.15, -0.1) is 0 Å². The standard InChI is InChI=1S/C16H23F3N2/c1-10-6-13(10)9-21(3)14-5-4-12(7-11(2)20)15(8-14)16(17,18)19/h4-5,8,10-11,13H,6-7,9,20H2,1-3H3. The summed E-state index contributed by atoms with van der Waals surface area (Å²) in [5, 5.41) is 0. The van der Waals surface area contributed by atoms with Gasteiger partial charge in [0, 0.05) is 25.3 Å². The van der Waals surface area contributed by atoms with Gasteiger partial charge in [-0.25, -0.2) is 0 Å². The highest BCUT2D eigenvalue weighted by molar-refractivity contribution is 5.51. The van der Waals surface area contributed by atoms with E-state index in [0.717, 1.165) is 6.54 Å². The first-order chi connectivity index (χ1) is 9.68. The molecule has 0 spiro atoms. The lowest BCUT2D eigenvalue weighted by Crippen LogP contribution is -2.23. The van der Waals surface area contributed by atoms with Crippen LogP contribution in [-0.2, 0) is 12.6 Å². The van der Waals surface area contributed by atoms with Gasteiger partial charge in [0.05, 0.1) is 5.56 Å². The second-order valence-corrected chi connectivity index (χ2v) is 6.37. The van der Waals surface area contributed by atoms with E-state index < -0.39 is 11.7 Å². The van der Waals surface area contributed by atoms with Crippen LogP contribution >= 0.6 is 0 Å². The van der Waals surface area contributed by atoms with Crippen LogP contribution in [0.25, 0.3) is 0 Å². The van der Waals surface area contributed by atoms with E-state index in [9.17, 15) is 13.2 Å². The zero-order valence-corrected chi connectivity index (χ0v) is 12.7. The van der Waals surface area contributed by atoms with Gasteiger partial charge in [0.1, 0.15) is 0 Å². The van der Waals surface area contributed by atoms with E-state index in [4.69, 9.17) is 5.73 Å². The van der Waals surface area contributed by atoms with Gasteiger partial charge in [-0.3, -0.25) is 0 Å². The van der Waals surface area contributed by atoms with Crippen molar-refractivity contribution in [2.45, 2.75) is 38.9 Å². The number of alkyl halides is 3. The van der Waals surface area contributed by atoms with Crippen molar-refractivity contribution < 1.29 is 13.2 Å². The van der Waals surface area contributed by atoms with Crippen molar-refractivity contribution in [1.29, 1.82) is 0 Å². The van der Waals surface area contributed by atoms with E-state index in [0.29, 0.717) is 17.5 Å². The number of hydrogen-bond acceptors (Lipinski definition) is 2. The summed E-state index contributed by atoms with van der Waals surface area (Å²) in [7, 11) is 1.85. The van der Waals surface area contributed by atoms with Crippen LogP contribution in [0.3, 0.4) is 0 Å². The molecule has 1 fully saturated rings. The van der Waals surface area contributed by atoms with Crippen LogP contribution in [0.15, 0.2) is 18.2 Å². The average Bonchev–Trinajstić information content (AvgIpc) is 3.03. The van der Waals surface area contributed by atoms with Crippen molar-refractivity contribution in [1.82, 2.24) is 0 Å². The predicted molar refractivity (Wildman–Crippen MR) is 79.3 cm³/mol. The fourth-order valence-corrected chi connectivity index (χ4v) is 2.70. The molecule has 0 heterocycles. The van der Waals surface area contributed by atoms with Crippen LogP contribution in [0, 0.1) is 11.8 Å². The van der Waals surface area contributed by atoms with Crippen LogP contribution in [0.5, 0.6) is 0 Å². The van der Waals surface area contributed by atoms with Gasteiger partial charge in [0.15, 0.2) is 0 Å². The van der Waals surface area contributed by atoms with Crippen LogP contribution in [-0.4, -0.2) is 19.6 Å². The molecule has 21 heavy (non-hydrogen) atoms. The van der Waals surface area contributed by atoms with E-state index in [1.54, 1.807) is 19.1 Å². The molecular weight excluding hydrogens is 277 g/mol. The Morgan fingerprint density at radius 1 is 1.38 bits per heavy atom. The molecule has 1 saturated carbocycles. The second kappa shape index (κ2) is 5.87. The summed E-state index contributed by atoms with van der Waals surface area (Å²) in [5.74, 6) is 1.29. The van der Waals surface area contributed by atoms with Crippen LogP contribution < -0.4 is 10.6 Å². The highest BCUT2D eigenvalue weighted by Crippen LogP contribution is 2.40. The third-order valence-electron chi connectivity index (χ3n) is 4.17. The largest absolute Gasteiger partial charge is 0.416 e. The van der Waals surface area contributed by atoms with Crippen molar-refractivity contribution in [3.05, 3.63) is 29.3 Å². The molecule has 1 aliphatic carbocycles. The number of nitrogens with two attached hydrogens (primary N) is 1. The van der Waals surface area contributed by atoms with Crippen molar-refractivity contribution in [2.24, 2.45) is 17.6 Å². The molecule has 2 nitrogen and oxygen atoms in total. The fraction of sp³-hybridized carbons (Fsp3) is 0.625. The Morgan fingerprint density at radius 3 is 2.48 bits per heavy atom. The minimum absolute atomic E-state index is 0.235. The topological polar surface area (TPSA) is 29.3 Å². The highest BCUT2D eigenvalue weighted by atomic mass is 19.4. The van der Waals surface area contributed by atoms with Crippen LogP contribution in [0.1, 0.15) is 31.4 Å². The Kier molecular flexibility index (Phi) is 4.51. The molecule has 0 saturated heterocycles. The van der Waals surface area contributed by atoms with Gasteiger partial charge >= 0.3 is 6.18 Å². The molecule has 0 radical (unpaired) electrons.